The van der Waals surface area contributed by atoms with Crippen LogP contribution >= 0.6 is 11.6 Å². The van der Waals surface area contributed by atoms with Gasteiger partial charge in [-0.25, -0.2) is 0 Å². The fourth-order valence-corrected chi connectivity index (χ4v) is 1.07. The lowest BCUT2D eigenvalue weighted by Crippen LogP contribution is -1.73. The highest BCUT2D eigenvalue weighted by molar-refractivity contribution is 6.30. The Morgan fingerprint density at radius 1 is 1.43 bits per heavy atom. The van der Waals surface area contributed by atoms with Gasteiger partial charge in [0.15, 0.2) is 0 Å². The number of allylic oxidation sites excluding steroid dienone is 2. The van der Waals surface area contributed by atoms with Crippen LogP contribution < -0.4 is 0 Å². The van der Waals surface area contributed by atoms with Crippen molar-refractivity contribution in [1.82, 2.24) is 0 Å². The summed E-state index contributed by atoms with van der Waals surface area (Å²) in [4.78, 5) is 0. The molecule has 0 bridgehead atoms. The quantitative estimate of drug-likeness (QED) is 0.369. The Labute approximate surface area is 89.2 Å². The van der Waals surface area contributed by atoms with E-state index in [1.807, 2.05) is 18.2 Å². The van der Waals surface area contributed by atoms with E-state index in [4.69, 9.17) is 11.6 Å². The molecule has 1 aromatic carbocycles. The zero-order valence-corrected chi connectivity index (χ0v) is 8.43. The van der Waals surface area contributed by atoms with E-state index < -0.39 is 0 Å². The predicted octanol–water partition coefficient (Wildman–Crippen LogP) is 3.59. The van der Waals surface area contributed by atoms with E-state index in [1.165, 1.54) is 0 Å². The molecule has 0 aliphatic carbocycles. The van der Waals surface area contributed by atoms with Gasteiger partial charge in [0, 0.05) is 16.2 Å². The maximum atomic E-state index is 5.80. The molecule has 1 rings (SSSR count). The highest BCUT2D eigenvalue weighted by Crippen LogP contribution is 2.09. The van der Waals surface area contributed by atoms with Crippen LogP contribution in [-0.4, -0.2) is 0 Å². The van der Waals surface area contributed by atoms with Crippen LogP contribution in [0.25, 0.3) is 0 Å². The summed E-state index contributed by atoms with van der Waals surface area (Å²) in [6.07, 6.45) is 1.64. The van der Waals surface area contributed by atoms with Gasteiger partial charge in [-0.05, 0) is 24.3 Å². The van der Waals surface area contributed by atoms with Crippen LogP contribution in [0.1, 0.15) is 5.56 Å². The SMILES string of the molecule is C=C=CC(=C)C#Cc1cccc(Cl)c1. The maximum absolute atomic E-state index is 5.80. The van der Waals surface area contributed by atoms with E-state index in [1.54, 1.807) is 12.1 Å². The summed E-state index contributed by atoms with van der Waals surface area (Å²) in [5.74, 6) is 5.80. The molecule has 0 saturated heterocycles. The van der Waals surface area contributed by atoms with E-state index >= 15 is 0 Å². The number of halogens is 1. The minimum absolute atomic E-state index is 0.681. The third-order valence-corrected chi connectivity index (χ3v) is 1.70. The van der Waals surface area contributed by atoms with E-state index in [-0.39, 0.29) is 0 Å². The monoisotopic (exact) mass is 200 g/mol. The Morgan fingerprint density at radius 2 is 2.21 bits per heavy atom. The molecule has 0 spiro atoms. The molecule has 0 atom stereocenters. The average Bonchev–Trinajstić information content (AvgIpc) is 2.15. The Kier molecular flexibility index (Phi) is 3.83. The van der Waals surface area contributed by atoms with Crippen molar-refractivity contribution in [2.45, 2.75) is 0 Å². The zero-order chi connectivity index (χ0) is 10.4. The maximum Gasteiger partial charge on any atom is 0.0418 e. The zero-order valence-electron chi connectivity index (χ0n) is 7.68. The third-order valence-electron chi connectivity index (χ3n) is 1.47. The van der Waals surface area contributed by atoms with Gasteiger partial charge < -0.3 is 0 Å². The molecule has 0 heterocycles. The number of rotatable bonds is 1. The van der Waals surface area contributed by atoms with Crippen molar-refractivity contribution in [3.05, 3.63) is 65.4 Å². The van der Waals surface area contributed by atoms with Gasteiger partial charge in [-0.3, -0.25) is 0 Å². The molecular weight excluding hydrogens is 192 g/mol. The van der Waals surface area contributed by atoms with Gasteiger partial charge in [0.05, 0.1) is 0 Å². The third kappa shape index (κ3) is 3.37. The van der Waals surface area contributed by atoms with Crippen molar-refractivity contribution < 1.29 is 0 Å². The van der Waals surface area contributed by atoms with Crippen LogP contribution in [0, 0.1) is 11.8 Å². The number of benzene rings is 1. The van der Waals surface area contributed by atoms with E-state index in [0.29, 0.717) is 10.6 Å². The first-order valence-electron chi connectivity index (χ1n) is 4.04. The second-order valence-corrected chi connectivity index (χ2v) is 3.07. The van der Waals surface area contributed by atoms with Gasteiger partial charge in [0.1, 0.15) is 0 Å². The molecule has 0 aliphatic rings. The Bertz CT molecular complexity index is 452. The lowest BCUT2D eigenvalue weighted by Gasteiger charge is -1.90. The van der Waals surface area contributed by atoms with Crippen molar-refractivity contribution in [2.24, 2.45) is 0 Å². The van der Waals surface area contributed by atoms with E-state index in [9.17, 15) is 0 Å². The van der Waals surface area contributed by atoms with Crippen LogP contribution in [0.3, 0.4) is 0 Å². The van der Waals surface area contributed by atoms with E-state index in [2.05, 4.69) is 30.7 Å². The molecule has 1 aromatic rings. The molecule has 1 heteroatoms. The number of hydrogen-bond donors (Lipinski definition) is 0. The van der Waals surface area contributed by atoms with Gasteiger partial charge in [-0.2, -0.15) is 0 Å². The fourth-order valence-electron chi connectivity index (χ4n) is 0.878. The molecule has 68 valence electrons. The van der Waals surface area contributed by atoms with Crippen LogP contribution in [0.4, 0.5) is 0 Å². The minimum atomic E-state index is 0.681. The Balaban J connectivity index is 2.87. The predicted molar refractivity (Wildman–Crippen MR) is 61.2 cm³/mol. The fraction of sp³-hybridized carbons (Fsp3) is 0. The molecule has 0 amide bonds. The smallest absolute Gasteiger partial charge is 0.0418 e. The standard InChI is InChI=1S/C13H9Cl/c1-3-5-11(2)8-9-12-6-4-7-13(14)10-12/h4-7,10H,1-2H2. The molecule has 0 fully saturated rings. The summed E-state index contributed by atoms with van der Waals surface area (Å²) in [7, 11) is 0. The Morgan fingerprint density at radius 3 is 2.86 bits per heavy atom. The molecule has 0 N–H and O–H groups in total. The molecular formula is C13H9Cl. The average molecular weight is 201 g/mol. The van der Waals surface area contributed by atoms with Gasteiger partial charge in [-0.1, -0.05) is 42.7 Å². The summed E-state index contributed by atoms with van der Waals surface area (Å²) in [6.45, 7) is 7.16. The Hall–Kier alpha value is -1.67. The van der Waals surface area contributed by atoms with Crippen molar-refractivity contribution in [3.8, 4) is 11.8 Å². The number of hydrogen-bond acceptors (Lipinski definition) is 0. The lowest BCUT2D eigenvalue weighted by atomic mass is 10.2. The summed E-state index contributed by atoms with van der Waals surface area (Å²) in [5, 5.41) is 0.682. The van der Waals surface area contributed by atoms with E-state index in [0.717, 1.165) is 5.56 Å². The molecule has 0 saturated carbocycles. The molecule has 0 aliphatic heterocycles. The molecule has 14 heavy (non-hydrogen) atoms. The van der Waals surface area contributed by atoms with Crippen molar-refractivity contribution in [2.75, 3.05) is 0 Å². The lowest BCUT2D eigenvalue weighted by molar-refractivity contribution is 1.64. The van der Waals surface area contributed by atoms with Crippen LogP contribution in [-0.2, 0) is 0 Å². The second kappa shape index (κ2) is 5.14. The van der Waals surface area contributed by atoms with Crippen molar-refractivity contribution in [3.63, 3.8) is 0 Å². The van der Waals surface area contributed by atoms with Gasteiger partial charge in [0.25, 0.3) is 0 Å². The first-order valence-corrected chi connectivity index (χ1v) is 4.42. The first kappa shape index (κ1) is 10.4. The van der Waals surface area contributed by atoms with Gasteiger partial charge in [0.2, 0.25) is 0 Å². The summed E-state index contributed by atoms with van der Waals surface area (Å²) >= 11 is 5.80. The second-order valence-electron chi connectivity index (χ2n) is 2.63. The van der Waals surface area contributed by atoms with Gasteiger partial charge >= 0.3 is 0 Å². The minimum Gasteiger partial charge on any atom is -0.127 e. The van der Waals surface area contributed by atoms with Gasteiger partial charge in [-0.15, -0.1) is 5.73 Å². The summed E-state index contributed by atoms with van der Waals surface area (Å²) in [6, 6.07) is 7.37. The molecule has 0 unspecified atom stereocenters. The first-order chi connectivity index (χ1) is 6.72. The molecule has 0 nitrogen and oxygen atoms in total. The van der Waals surface area contributed by atoms with Crippen LogP contribution in [0.15, 0.2) is 54.8 Å². The largest absolute Gasteiger partial charge is 0.127 e. The summed E-state index contributed by atoms with van der Waals surface area (Å²) < 4.78 is 0. The van der Waals surface area contributed by atoms with Crippen LogP contribution in [0.5, 0.6) is 0 Å². The normalized spacial score (nSPS) is 8.07. The molecule has 0 aromatic heterocycles. The van der Waals surface area contributed by atoms with Crippen molar-refractivity contribution in [1.29, 1.82) is 0 Å². The van der Waals surface area contributed by atoms with Crippen molar-refractivity contribution >= 4 is 11.6 Å². The highest BCUT2D eigenvalue weighted by Gasteiger charge is 1.87. The highest BCUT2D eigenvalue weighted by atomic mass is 35.5. The topological polar surface area (TPSA) is 0 Å². The summed E-state index contributed by atoms with van der Waals surface area (Å²) in [5.41, 5.74) is 4.16. The van der Waals surface area contributed by atoms with Crippen LogP contribution in [0.2, 0.25) is 5.02 Å². The molecule has 0 radical (unpaired) electrons.